The van der Waals surface area contributed by atoms with Crippen LogP contribution in [0.2, 0.25) is 0 Å². The smallest absolute Gasteiger partial charge is 0.252 e. The van der Waals surface area contributed by atoms with Crippen molar-refractivity contribution in [3.63, 3.8) is 0 Å². The normalized spacial score (nSPS) is 11.5. The first-order valence-corrected chi connectivity index (χ1v) is 4.57. The van der Waals surface area contributed by atoms with E-state index in [0.717, 1.165) is 0 Å². The van der Waals surface area contributed by atoms with Gasteiger partial charge >= 0.3 is 0 Å². The zero-order valence-corrected chi connectivity index (χ0v) is 8.43. The lowest BCUT2D eigenvalue weighted by molar-refractivity contribution is 0.0994. The molecule has 0 saturated carbocycles. The number of rotatable bonds is 4. The van der Waals surface area contributed by atoms with Gasteiger partial charge in [-0.2, -0.15) is 5.26 Å². The summed E-state index contributed by atoms with van der Waals surface area (Å²) in [6.45, 7) is 1.76. The Morgan fingerprint density at radius 3 is 2.87 bits per heavy atom. The Morgan fingerprint density at radius 2 is 2.27 bits per heavy atom. The summed E-state index contributed by atoms with van der Waals surface area (Å²) in [6, 6.07) is 8.71. The van der Waals surface area contributed by atoms with E-state index in [4.69, 9.17) is 15.7 Å². The van der Waals surface area contributed by atoms with Gasteiger partial charge in [0.25, 0.3) is 5.91 Å². The molecule has 1 aromatic carbocycles. The maximum absolute atomic E-state index is 11.0. The van der Waals surface area contributed by atoms with Gasteiger partial charge in [0.1, 0.15) is 11.9 Å². The van der Waals surface area contributed by atoms with Crippen molar-refractivity contribution in [1.82, 2.24) is 0 Å². The minimum Gasteiger partial charge on any atom is -0.489 e. The second-order valence-corrected chi connectivity index (χ2v) is 3.15. The molecular weight excluding hydrogens is 192 g/mol. The van der Waals surface area contributed by atoms with Crippen molar-refractivity contribution < 1.29 is 9.53 Å². The molecule has 0 fully saturated rings. The molecule has 0 aliphatic heterocycles. The minimum atomic E-state index is -0.533. The van der Waals surface area contributed by atoms with Crippen molar-refractivity contribution in [1.29, 1.82) is 5.26 Å². The number of nitriles is 1. The summed E-state index contributed by atoms with van der Waals surface area (Å²) >= 11 is 0. The summed E-state index contributed by atoms with van der Waals surface area (Å²) < 4.78 is 5.42. The third-order valence-corrected chi connectivity index (χ3v) is 1.86. The molecular formula is C11H12N2O2. The van der Waals surface area contributed by atoms with Crippen molar-refractivity contribution in [3.05, 3.63) is 29.8 Å². The molecule has 1 atom stereocenters. The van der Waals surface area contributed by atoms with E-state index in [1.54, 1.807) is 31.2 Å². The Morgan fingerprint density at radius 1 is 1.60 bits per heavy atom. The molecule has 0 heterocycles. The van der Waals surface area contributed by atoms with Gasteiger partial charge in [-0.1, -0.05) is 12.1 Å². The molecule has 0 aromatic heterocycles. The molecule has 0 bridgehead atoms. The van der Waals surface area contributed by atoms with Crippen LogP contribution in [-0.4, -0.2) is 12.0 Å². The van der Waals surface area contributed by atoms with Crippen LogP contribution in [0.3, 0.4) is 0 Å². The molecule has 1 amide bonds. The number of primary amides is 1. The van der Waals surface area contributed by atoms with Crippen LogP contribution in [0.1, 0.15) is 23.7 Å². The Labute approximate surface area is 88.3 Å². The number of hydrogen-bond donors (Lipinski definition) is 1. The van der Waals surface area contributed by atoms with Crippen LogP contribution in [0.25, 0.3) is 0 Å². The predicted octanol–water partition coefficient (Wildman–Crippen LogP) is 1.47. The lowest BCUT2D eigenvalue weighted by atomic mass is 10.2. The Bertz CT molecular complexity index is 396. The van der Waals surface area contributed by atoms with Gasteiger partial charge in [0.2, 0.25) is 0 Å². The number of nitrogens with two attached hydrogens (primary N) is 1. The van der Waals surface area contributed by atoms with Crippen LogP contribution in [0.4, 0.5) is 0 Å². The molecule has 78 valence electrons. The molecule has 0 saturated heterocycles. The molecule has 0 radical (unpaired) electrons. The highest BCUT2D eigenvalue weighted by Gasteiger charge is 2.10. The Balaban J connectivity index is 2.85. The van der Waals surface area contributed by atoms with E-state index in [2.05, 4.69) is 0 Å². The number of hydrogen-bond acceptors (Lipinski definition) is 3. The minimum absolute atomic E-state index is 0.254. The van der Waals surface area contributed by atoms with Crippen LogP contribution in [-0.2, 0) is 0 Å². The molecule has 15 heavy (non-hydrogen) atoms. The van der Waals surface area contributed by atoms with Crippen LogP contribution in [0, 0.1) is 11.3 Å². The average Bonchev–Trinajstić information content (AvgIpc) is 2.18. The fourth-order valence-corrected chi connectivity index (χ4v) is 1.16. The highest BCUT2D eigenvalue weighted by molar-refractivity contribution is 5.95. The number of para-hydroxylation sites is 1. The summed E-state index contributed by atoms with van der Waals surface area (Å²) in [5.74, 6) is -0.109. The molecule has 0 aliphatic rings. The topological polar surface area (TPSA) is 76.1 Å². The Hall–Kier alpha value is -2.02. The summed E-state index contributed by atoms with van der Waals surface area (Å²) in [5, 5.41) is 8.47. The number of nitrogens with zero attached hydrogens (tertiary/aromatic N) is 1. The monoisotopic (exact) mass is 204 g/mol. The van der Waals surface area contributed by atoms with Crippen LogP contribution in [0.15, 0.2) is 24.3 Å². The van der Waals surface area contributed by atoms with Crippen LogP contribution < -0.4 is 10.5 Å². The predicted molar refractivity (Wildman–Crippen MR) is 55.3 cm³/mol. The first-order chi connectivity index (χ1) is 7.15. The number of carbonyl (C=O) groups excluding carboxylic acids is 1. The molecule has 1 rings (SSSR count). The maximum Gasteiger partial charge on any atom is 0.252 e. The van der Waals surface area contributed by atoms with Crippen LogP contribution >= 0.6 is 0 Å². The van der Waals surface area contributed by atoms with E-state index in [9.17, 15) is 4.79 Å². The quantitative estimate of drug-likeness (QED) is 0.806. The van der Waals surface area contributed by atoms with Gasteiger partial charge in [-0.25, -0.2) is 0 Å². The lowest BCUT2D eigenvalue weighted by Crippen LogP contribution is -2.16. The van der Waals surface area contributed by atoms with E-state index < -0.39 is 5.91 Å². The third kappa shape index (κ3) is 2.99. The molecule has 4 nitrogen and oxygen atoms in total. The zero-order chi connectivity index (χ0) is 11.3. The third-order valence-electron chi connectivity index (χ3n) is 1.86. The van der Waals surface area contributed by atoms with Crippen molar-refractivity contribution in [2.75, 3.05) is 0 Å². The standard InChI is InChI=1S/C11H12N2O2/c1-8(6-7-12)15-10-5-3-2-4-9(10)11(13)14/h2-5,8H,6H2,1H3,(H2,13,14). The summed E-state index contributed by atoms with van der Waals surface area (Å²) in [7, 11) is 0. The molecule has 1 unspecified atom stereocenters. The van der Waals surface area contributed by atoms with Crippen molar-refractivity contribution in [3.8, 4) is 11.8 Å². The van der Waals surface area contributed by atoms with Gasteiger partial charge in [0, 0.05) is 0 Å². The van der Waals surface area contributed by atoms with Crippen molar-refractivity contribution in [2.45, 2.75) is 19.4 Å². The largest absolute Gasteiger partial charge is 0.489 e. The highest BCUT2D eigenvalue weighted by Crippen LogP contribution is 2.19. The maximum atomic E-state index is 11.0. The van der Waals surface area contributed by atoms with Gasteiger partial charge in [0.15, 0.2) is 0 Å². The second-order valence-electron chi connectivity index (χ2n) is 3.15. The second kappa shape index (κ2) is 5.01. The fourth-order valence-electron chi connectivity index (χ4n) is 1.16. The molecule has 2 N–H and O–H groups in total. The van der Waals surface area contributed by atoms with E-state index in [1.165, 1.54) is 0 Å². The molecule has 1 aromatic rings. The zero-order valence-electron chi connectivity index (χ0n) is 8.43. The van der Waals surface area contributed by atoms with Crippen molar-refractivity contribution in [2.24, 2.45) is 5.73 Å². The van der Waals surface area contributed by atoms with E-state index >= 15 is 0 Å². The summed E-state index contributed by atoms with van der Waals surface area (Å²) in [6.07, 6.45) is 0.0168. The van der Waals surface area contributed by atoms with Gasteiger partial charge in [-0.05, 0) is 19.1 Å². The van der Waals surface area contributed by atoms with Gasteiger partial charge in [-0.15, -0.1) is 0 Å². The SMILES string of the molecule is CC(CC#N)Oc1ccccc1C(N)=O. The summed E-state index contributed by atoms with van der Waals surface area (Å²) in [5.41, 5.74) is 5.52. The average molecular weight is 204 g/mol. The summed E-state index contributed by atoms with van der Waals surface area (Å²) in [4.78, 5) is 11.0. The van der Waals surface area contributed by atoms with Gasteiger partial charge in [-0.3, -0.25) is 4.79 Å². The van der Waals surface area contributed by atoms with Crippen LogP contribution in [0.5, 0.6) is 5.75 Å². The number of amides is 1. The van der Waals surface area contributed by atoms with E-state index in [0.29, 0.717) is 11.3 Å². The highest BCUT2D eigenvalue weighted by atomic mass is 16.5. The fraction of sp³-hybridized carbons (Fsp3) is 0.273. The number of ether oxygens (including phenoxy) is 1. The van der Waals surface area contributed by atoms with Gasteiger partial charge < -0.3 is 10.5 Å². The number of carbonyl (C=O) groups is 1. The van der Waals surface area contributed by atoms with Gasteiger partial charge in [0.05, 0.1) is 18.1 Å². The van der Waals surface area contributed by atoms with E-state index in [1.807, 2.05) is 6.07 Å². The lowest BCUT2D eigenvalue weighted by Gasteiger charge is -2.13. The Kier molecular flexibility index (Phi) is 3.69. The molecule has 4 heteroatoms. The van der Waals surface area contributed by atoms with E-state index in [-0.39, 0.29) is 12.5 Å². The molecule has 0 spiro atoms. The molecule has 0 aliphatic carbocycles. The first kappa shape index (κ1) is 11.1. The van der Waals surface area contributed by atoms with Crippen molar-refractivity contribution >= 4 is 5.91 Å². The number of benzene rings is 1. The first-order valence-electron chi connectivity index (χ1n) is 4.57.